The predicted molar refractivity (Wildman–Crippen MR) is 119 cm³/mol. The van der Waals surface area contributed by atoms with Gasteiger partial charge in [0.1, 0.15) is 11.3 Å². The smallest absolute Gasteiger partial charge is 0.263 e. The van der Waals surface area contributed by atoms with Crippen LogP contribution >= 0.6 is 0 Å². The minimum atomic E-state index is -0.594. The first-order valence-electron chi connectivity index (χ1n) is 9.95. The van der Waals surface area contributed by atoms with Crippen LogP contribution in [0.15, 0.2) is 53.5 Å². The predicted octanol–water partition coefficient (Wildman–Crippen LogP) is 4.49. The highest BCUT2D eigenvalue weighted by atomic mass is 19.1. The van der Waals surface area contributed by atoms with Crippen LogP contribution in [0.2, 0.25) is 0 Å². The summed E-state index contributed by atoms with van der Waals surface area (Å²) >= 11 is 0. The fourth-order valence-corrected chi connectivity index (χ4v) is 3.48. The molecule has 2 N–H and O–H groups in total. The number of rotatable bonds is 4. The van der Waals surface area contributed by atoms with Crippen molar-refractivity contribution in [1.82, 2.24) is 19.9 Å². The standard InChI is InChI=1S/C24H20FN5O2/c1-13-5-6-17(11-14(13)2)19-12-30-22(24(32)28-19)20(26-4)21(29-30)23(31)27-15(3)16-7-9-18(25)10-8-16/h5-12,15H,1-3H3,(H,27,31)(H,28,32)/t15-/m1/s1. The van der Waals surface area contributed by atoms with Gasteiger partial charge in [0, 0.05) is 0 Å². The van der Waals surface area contributed by atoms with Gasteiger partial charge in [-0.2, -0.15) is 5.10 Å². The summed E-state index contributed by atoms with van der Waals surface area (Å²) in [6.07, 6.45) is 1.59. The van der Waals surface area contributed by atoms with E-state index in [1.54, 1.807) is 25.3 Å². The summed E-state index contributed by atoms with van der Waals surface area (Å²) in [4.78, 5) is 31.8. The molecule has 0 saturated heterocycles. The van der Waals surface area contributed by atoms with Gasteiger partial charge in [-0.3, -0.25) is 9.59 Å². The van der Waals surface area contributed by atoms with Crippen LogP contribution in [0.1, 0.15) is 40.1 Å². The zero-order valence-corrected chi connectivity index (χ0v) is 17.7. The maximum absolute atomic E-state index is 13.2. The number of nitrogens with one attached hydrogen (secondary N) is 2. The monoisotopic (exact) mass is 429 g/mol. The Labute approximate surface area is 183 Å². The van der Waals surface area contributed by atoms with Gasteiger partial charge in [-0.1, -0.05) is 24.3 Å². The topological polar surface area (TPSA) is 83.6 Å². The van der Waals surface area contributed by atoms with Crippen LogP contribution in [0.4, 0.5) is 10.1 Å². The Morgan fingerprint density at radius 3 is 2.56 bits per heavy atom. The molecular weight excluding hydrogens is 409 g/mol. The molecule has 0 unspecified atom stereocenters. The molecular formula is C24H20FN5O2. The number of carbonyl (C=O) groups excluding carboxylic acids is 1. The highest BCUT2D eigenvalue weighted by molar-refractivity contribution is 6.02. The Balaban J connectivity index is 1.73. The first-order valence-corrected chi connectivity index (χ1v) is 9.95. The first-order chi connectivity index (χ1) is 15.3. The van der Waals surface area contributed by atoms with Gasteiger partial charge >= 0.3 is 0 Å². The number of halogens is 1. The van der Waals surface area contributed by atoms with Crippen molar-refractivity contribution in [3.8, 4) is 11.3 Å². The average Bonchev–Trinajstić information content (AvgIpc) is 3.15. The number of aryl methyl sites for hydroxylation is 2. The van der Waals surface area contributed by atoms with Gasteiger partial charge in [-0.25, -0.2) is 13.8 Å². The summed E-state index contributed by atoms with van der Waals surface area (Å²) in [6, 6.07) is 11.1. The zero-order chi connectivity index (χ0) is 23.0. The number of carbonyl (C=O) groups is 1. The molecule has 4 aromatic rings. The Morgan fingerprint density at radius 1 is 1.19 bits per heavy atom. The van der Waals surface area contributed by atoms with Crippen molar-refractivity contribution in [3.05, 3.63) is 98.6 Å². The number of aromatic nitrogens is 3. The third-order valence-electron chi connectivity index (χ3n) is 5.46. The number of amides is 1. The van der Waals surface area contributed by atoms with E-state index in [4.69, 9.17) is 6.57 Å². The molecule has 0 bridgehead atoms. The quantitative estimate of drug-likeness (QED) is 0.469. The second-order valence-electron chi connectivity index (χ2n) is 7.64. The molecule has 2 aromatic carbocycles. The van der Waals surface area contributed by atoms with Crippen molar-refractivity contribution in [2.75, 3.05) is 0 Å². The lowest BCUT2D eigenvalue weighted by Gasteiger charge is -2.13. The third-order valence-corrected chi connectivity index (χ3v) is 5.46. The SMILES string of the molecule is [C-]#[N+]c1c(C(=O)N[C@H](C)c2ccc(F)cc2)nn2cc(-c3ccc(C)c(C)c3)[nH]c(=O)c12. The summed E-state index contributed by atoms with van der Waals surface area (Å²) in [5, 5.41) is 7.00. The lowest BCUT2D eigenvalue weighted by atomic mass is 10.0. The molecule has 0 spiro atoms. The van der Waals surface area contributed by atoms with Gasteiger partial charge in [-0.15, -0.1) is 0 Å². The summed E-state index contributed by atoms with van der Waals surface area (Å²) in [6.45, 7) is 13.2. The van der Waals surface area contributed by atoms with Crippen LogP contribution in [-0.2, 0) is 0 Å². The second-order valence-corrected chi connectivity index (χ2v) is 7.64. The van der Waals surface area contributed by atoms with Gasteiger partial charge in [0.05, 0.1) is 24.5 Å². The van der Waals surface area contributed by atoms with E-state index in [0.717, 1.165) is 16.7 Å². The molecule has 1 atom stereocenters. The average molecular weight is 429 g/mol. The first kappa shape index (κ1) is 21.0. The normalized spacial score (nSPS) is 11.8. The number of hydrogen-bond donors (Lipinski definition) is 2. The minimum absolute atomic E-state index is 0.00664. The number of aromatic amines is 1. The highest BCUT2D eigenvalue weighted by Gasteiger charge is 2.24. The van der Waals surface area contributed by atoms with E-state index in [-0.39, 0.29) is 22.7 Å². The molecule has 0 radical (unpaired) electrons. The van der Waals surface area contributed by atoms with E-state index in [1.165, 1.54) is 16.6 Å². The van der Waals surface area contributed by atoms with Crippen LogP contribution in [0.25, 0.3) is 21.6 Å². The molecule has 0 fully saturated rings. The van der Waals surface area contributed by atoms with Gasteiger partial charge in [-0.05, 0) is 61.2 Å². The number of fused-ring (bicyclic) bond motifs is 1. The van der Waals surface area contributed by atoms with Crippen molar-refractivity contribution in [2.45, 2.75) is 26.8 Å². The summed E-state index contributed by atoms with van der Waals surface area (Å²) < 4.78 is 14.4. The van der Waals surface area contributed by atoms with Gasteiger partial charge in [0.15, 0.2) is 5.69 Å². The van der Waals surface area contributed by atoms with Crippen molar-refractivity contribution < 1.29 is 9.18 Å². The second kappa shape index (κ2) is 8.12. The van der Waals surface area contributed by atoms with Crippen LogP contribution in [0.3, 0.4) is 0 Å². The number of benzene rings is 2. The molecule has 7 nitrogen and oxygen atoms in total. The Bertz CT molecular complexity index is 1440. The molecule has 0 saturated carbocycles. The fourth-order valence-electron chi connectivity index (χ4n) is 3.48. The summed E-state index contributed by atoms with van der Waals surface area (Å²) in [7, 11) is 0. The van der Waals surface area contributed by atoms with Crippen LogP contribution in [0.5, 0.6) is 0 Å². The molecule has 0 aliphatic carbocycles. The number of nitrogens with zero attached hydrogens (tertiary/aromatic N) is 3. The van der Waals surface area contributed by atoms with Crippen molar-refractivity contribution in [3.63, 3.8) is 0 Å². The van der Waals surface area contributed by atoms with E-state index >= 15 is 0 Å². The molecule has 0 aliphatic rings. The van der Waals surface area contributed by atoms with Crippen molar-refractivity contribution >= 4 is 17.1 Å². The van der Waals surface area contributed by atoms with Gasteiger partial charge in [0.25, 0.3) is 11.5 Å². The van der Waals surface area contributed by atoms with Crippen molar-refractivity contribution in [2.24, 2.45) is 0 Å². The minimum Gasteiger partial charge on any atom is -0.345 e. The van der Waals surface area contributed by atoms with E-state index in [9.17, 15) is 14.0 Å². The molecule has 2 heterocycles. The maximum Gasteiger partial charge on any atom is 0.263 e. The maximum atomic E-state index is 13.2. The van der Waals surface area contributed by atoms with Crippen LogP contribution in [0, 0.1) is 26.2 Å². The third kappa shape index (κ3) is 3.76. The molecule has 2 aromatic heterocycles. The lowest BCUT2D eigenvalue weighted by Crippen LogP contribution is -2.27. The summed E-state index contributed by atoms with van der Waals surface area (Å²) in [5.74, 6) is -0.967. The Kier molecular flexibility index (Phi) is 5.33. The molecule has 1 amide bonds. The van der Waals surface area contributed by atoms with E-state index in [1.807, 2.05) is 32.0 Å². The van der Waals surface area contributed by atoms with E-state index in [0.29, 0.717) is 11.3 Å². The van der Waals surface area contributed by atoms with Crippen LogP contribution < -0.4 is 10.9 Å². The molecule has 8 heteroatoms. The molecule has 160 valence electrons. The molecule has 32 heavy (non-hydrogen) atoms. The zero-order valence-electron chi connectivity index (χ0n) is 17.7. The van der Waals surface area contributed by atoms with E-state index in [2.05, 4.69) is 20.2 Å². The number of hydrogen-bond acceptors (Lipinski definition) is 3. The molecule has 4 rings (SSSR count). The van der Waals surface area contributed by atoms with E-state index < -0.39 is 17.5 Å². The fraction of sp³-hybridized carbons (Fsp3) is 0.167. The van der Waals surface area contributed by atoms with Crippen LogP contribution in [-0.4, -0.2) is 20.5 Å². The van der Waals surface area contributed by atoms with Gasteiger partial charge in [0.2, 0.25) is 5.69 Å². The summed E-state index contributed by atoms with van der Waals surface area (Å²) in [5.41, 5.74) is 3.44. The largest absolute Gasteiger partial charge is 0.345 e. The number of H-pyrrole nitrogens is 1. The van der Waals surface area contributed by atoms with Gasteiger partial charge < -0.3 is 10.3 Å². The Hall–Kier alpha value is -4.25. The highest BCUT2D eigenvalue weighted by Crippen LogP contribution is 2.26. The molecule has 0 aliphatic heterocycles. The Morgan fingerprint density at radius 2 is 1.91 bits per heavy atom. The lowest BCUT2D eigenvalue weighted by molar-refractivity contribution is 0.0935. The van der Waals surface area contributed by atoms with Crippen molar-refractivity contribution in [1.29, 1.82) is 0 Å².